The zero-order chi connectivity index (χ0) is 13.5. The molecule has 0 saturated heterocycles. The molecule has 0 aliphatic rings. The number of aryl methyl sites for hydroxylation is 1. The summed E-state index contributed by atoms with van der Waals surface area (Å²) >= 11 is 0. The predicted molar refractivity (Wildman–Crippen MR) is 67.9 cm³/mol. The first-order valence-electron chi connectivity index (χ1n) is 6.13. The lowest BCUT2D eigenvalue weighted by Crippen LogP contribution is -2.26. The molecule has 0 bridgehead atoms. The Morgan fingerprint density at radius 3 is 2.74 bits per heavy atom. The fourth-order valence-electron chi connectivity index (χ4n) is 1.72. The van der Waals surface area contributed by atoms with Crippen molar-refractivity contribution in [3.05, 3.63) is 53.7 Å². The van der Waals surface area contributed by atoms with Crippen LogP contribution >= 0.6 is 0 Å². The summed E-state index contributed by atoms with van der Waals surface area (Å²) in [5.41, 5.74) is 1.82. The van der Waals surface area contributed by atoms with Crippen molar-refractivity contribution in [1.82, 2.24) is 10.5 Å². The summed E-state index contributed by atoms with van der Waals surface area (Å²) < 4.78 is 17.4. The first-order chi connectivity index (χ1) is 9.24. The van der Waals surface area contributed by atoms with Crippen LogP contribution in [0.4, 0.5) is 4.39 Å². The van der Waals surface area contributed by atoms with Crippen molar-refractivity contribution in [3.63, 3.8) is 0 Å². The Morgan fingerprint density at radius 2 is 2.05 bits per heavy atom. The first-order valence-corrected chi connectivity index (χ1v) is 6.13. The van der Waals surface area contributed by atoms with Gasteiger partial charge in [-0.2, -0.15) is 0 Å². The summed E-state index contributed by atoms with van der Waals surface area (Å²) in [4.78, 5) is 11.6. The maximum Gasteiger partial charge on any atom is 0.224 e. The molecule has 0 saturated carbocycles. The molecule has 0 atom stereocenters. The summed E-state index contributed by atoms with van der Waals surface area (Å²) in [6.07, 6.45) is 5.19. The van der Waals surface area contributed by atoms with Gasteiger partial charge >= 0.3 is 0 Å². The molecule has 0 spiro atoms. The molecule has 1 N–H and O–H groups in total. The van der Waals surface area contributed by atoms with Crippen molar-refractivity contribution in [2.75, 3.05) is 6.54 Å². The van der Waals surface area contributed by atoms with E-state index in [9.17, 15) is 9.18 Å². The van der Waals surface area contributed by atoms with Gasteiger partial charge in [0.05, 0.1) is 12.6 Å². The molecule has 1 heterocycles. The van der Waals surface area contributed by atoms with Crippen molar-refractivity contribution in [1.29, 1.82) is 0 Å². The van der Waals surface area contributed by atoms with Gasteiger partial charge in [0.2, 0.25) is 5.91 Å². The Balaban J connectivity index is 1.65. The second-order valence-electron chi connectivity index (χ2n) is 4.29. The topological polar surface area (TPSA) is 55.1 Å². The highest BCUT2D eigenvalue weighted by Crippen LogP contribution is 2.03. The lowest BCUT2D eigenvalue weighted by Gasteiger charge is -2.04. The van der Waals surface area contributed by atoms with Crippen LogP contribution < -0.4 is 5.32 Å². The number of benzene rings is 1. The number of aromatic nitrogens is 1. The molecule has 19 heavy (non-hydrogen) atoms. The highest BCUT2D eigenvalue weighted by atomic mass is 19.1. The fraction of sp³-hybridized carbons (Fsp3) is 0.286. The third kappa shape index (κ3) is 4.54. The van der Waals surface area contributed by atoms with Gasteiger partial charge in [-0.1, -0.05) is 17.3 Å². The van der Waals surface area contributed by atoms with E-state index in [2.05, 4.69) is 10.5 Å². The summed E-state index contributed by atoms with van der Waals surface area (Å²) in [5, 5.41) is 6.43. The molecule has 2 aromatic rings. The molecule has 0 radical (unpaired) electrons. The van der Waals surface area contributed by atoms with Gasteiger partial charge in [0, 0.05) is 12.1 Å². The Hall–Kier alpha value is -2.17. The average molecular weight is 262 g/mol. The van der Waals surface area contributed by atoms with Crippen LogP contribution in [0.5, 0.6) is 0 Å². The number of hydrogen-bond donors (Lipinski definition) is 1. The molecule has 0 aliphatic carbocycles. The molecule has 2 rings (SSSR count). The second kappa shape index (κ2) is 6.68. The molecule has 0 aliphatic heterocycles. The van der Waals surface area contributed by atoms with Crippen LogP contribution in [-0.2, 0) is 17.6 Å². The number of hydrogen-bond acceptors (Lipinski definition) is 3. The first kappa shape index (κ1) is 13.3. The van der Waals surface area contributed by atoms with Crippen molar-refractivity contribution in [2.45, 2.75) is 19.3 Å². The third-order valence-corrected chi connectivity index (χ3v) is 2.73. The standard InChI is InChI=1S/C14H15FN2O2/c15-13-5-3-11(4-6-13)8-14(18)16-7-1-2-12-9-17-19-10-12/h3-6,9-10H,1-2,7-8H2,(H,16,18). The normalized spacial score (nSPS) is 10.4. The van der Waals surface area contributed by atoms with E-state index in [1.807, 2.05) is 0 Å². The van der Waals surface area contributed by atoms with Gasteiger partial charge in [-0.15, -0.1) is 0 Å². The molecule has 5 heteroatoms. The predicted octanol–water partition coefficient (Wildman–Crippen LogP) is 2.11. The van der Waals surface area contributed by atoms with E-state index in [1.54, 1.807) is 24.6 Å². The number of nitrogens with zero attached hydrogens (tertiary/aromatic N) is 1. The van der Waals surface area contributed by atoms with Gasteiger partial charge in [-0.05, 0) is 30.5 Å². The molecule has 4 nitrogen and oxygen atoms in total. The highest BCUT2D eigenvalue weighted by Gasteiger charge is 2.03. The largest absolute Gasteiger partial charge is 0.364 e. The fourth-order valence-corrected chi connectivity index (χ4v) is 1.72. The van der Waals surface area contributed by atoms with Crippen LogP contribution in [0, 0.1) is 5.82 Å². The van der Waals surface area contributed by atoms with Crippen LogP contribution in [0.3, 0.4) is 0 Å². The van der Waals surface area contributed by atoms with Crippen molar-refractivity contribution in [3.8, 4) is 0 Å². The number of carbonyl (C=O) groups is 1. The number of nitrogens with one attached hydrogen (secondary N) is 1. The van der Waals surface area contributed by atoms with E-state index >= 15 is 0 Å². The lowest BCUT2D eigenvalue weighted by molar-refractivity contribution is -0.120. The highest BCUT2D eigenvalue weighted by molar-refractivity contribution is 5.78. The minimum Gasteiger partial charge on any atom is -0.364 e. The molecule has 1 amide bonds. The molecular weight excluding hydrogens is 247 g/mol. The monoisotopic (exact) mass is 262 g/mol. The maximum absolute atomic E-state index is 12.7. The Labute approximate surface area is 110 Å². The zero-order valence-corrected chi connectivity index (χ0v) is 10.4. The summed E-state index contributed by atoms with van der Waals surface area (Å²) in [5.74, 6) is -0.352. The van der Waals surface area contributed by atoms with Crippen molar-refractivity contribution < 1.29 is 13.7 Å². The molecular formula is C14H15FN2O2. The lowest BCUT2D eigenvalue weighted by atomic mass is 10.1. The third-order valence-electron chi connectivity index (χ3n) is 2.73. The molecule has 0 unspecified atom stereocenters. The van der Waals surface area contributed by atoms with Crippen LogP contribution in [-0.4, -0.2) is 17.6 Å². The van der Waals surface area contributed by atoms with Gasteiger partial charge in [0.15, 0.2) is 0 Å². The van der Waals surface area contributed by atoms with Crippen LogP contribution in [0.1, 0.15) is 17.5 Å². The number of halogens is 1. The van der Waals surface area contributed by atoms with E-state index in [-0.39, 0.29) is 18.1 Å². The van der Waals surface area contributed by atoms with Crippen LogP contribution in [0.15, 0.2) is 41.2 Å². The minimum absolute atomic E-state index is 0.0584. The average Bonchev–Trinajstić information content (AvgIpc) is 2.91. The molecule has 100 valence electrons. The number of rotatable bonds is 6. The quantitative estimate of drug-likeness (QED) is 0.811. The van der Waals surface area contributed by atoms with Gasteiger partial charge in [0.1, 0.15) is 12.1 Å². The molecule has 0 fully saturated rings. The van der Waals surface area contributed by atoms with E-state index in [0.717, 1.165) is 24.0 Å². The molecule has 1 aromatic carbocycles. The number of amides is 1. The summed E-state index contributed by atoms with van der Waals surface area (Å²) in [6, 6.07) is 5.95. The van der Waals surface area contributed by atoms with Gasteiger partial charge in [-0.3, -0.25) is 4.79 Å². The summed E-state index contributed by atoms with van der Waals surface area (Å²) in [6.45, 7) is 0.602. The molecule has 1 aromatic heterocycles. The Kier molecular flexibility index (Phi) is 4.66. The van der Waals surface area contributed by atoms with E-state index in [4.69, 9.17) is 4.52 Å². The number of carbonyl (C=O) groups excluding carboxylic acids is 1. The zero-order valence-electron chi connectivity index (χ0n) is 10.4. The van der Waals surface area contributed by atoms with Crippen LogP contribution in [0.25, 0.3) is 0 Å². The SMILES string of the molecule is O=C(Cc1ccc(F)cc1)NCCCc1cnoc1. The van der Waals surface area contributed by atoms with E-state index < -0.39 is 0 Å². The van der Waals surface area contributed by atoms with E-state index in [0.29, 0.717) is 6.54 Å². The Morgan fingerprint density at radius 1 is 1.26 bits per heavy atom. The smallest absolute Gasteiger partial charge is 0.224 e. The minimum atomic E-state index is -0.294. The van der Waals surface area contributed by atoms with Gasteiger partial charge < -0.3 is 9.84 Å². The van der Waals surface area contributed by atoms with Crippen molar-refractivity contribution in [2.24, 2.45) is 0 Å². The second-order valence-corrected chi connectivity index (χ2v) is 4.29. The van der Waals surface area contributed by atoms with Gasteiger partial charge in [0.25, 0.3) is 0 Å². The Bertz CT molecular complexity index is 509. The van der Waals surface area contributed by atoms with Crippen molar-refractivity contribution >= 4 is 5.91 Å². The van der Waals surface area contributed by atoms with E-state index in [1.165, 1.54) is 12.1 Å². The maximum atomic E-state index is 12.7. The summed E-state index contributed by atoms with van der Waals surface area (Å²) in [7, 11) is 0. The van der Waals surface area contributed by atoms with Crippen LogP contribution in [0.2, 0.25) is 0 Å². The van der Waals surface area contributed by atoms with Gasteiger partial charge in [-0.25, -0.2) is 4.39 Å².